The van der Waals surface area contributed by atoms with Crippen LogP contribution in [0.1, 0.15) is 25.7 Å². The van der Waals surface area contributed by atoms with E-state index < -0.39 is 17.8 Å². The zero-order valence-corrected chi connectivity index (χ0v) is 13.6. The molecule has 2 aromatic rings. The van der Waals surface area contributed by atoms with Crippen LogP contribution in [-0.2, 0) is 16.1 Å². The number of carbonyl (C=O) groups is 3. The molecule has 1 aliphatic rings. The molecule has 4 amide bonds. The number of aromatic nitrogens is 2. The molecule has 1 aliphatic heterocycles. The zero-order valence-electron chi connectivity index (χ0n) is 13.6. The summed E-state index contributed by atoms with van der Waals surface area (Å²) in [6, 6.07) is 7.43. The van der Waals surface area contributed by atoms with Gasteiger partial charge in [-0.3, -0.25) is 14.5 Å². The Morgan fingerprint density at radius 3 is 2.75 bits per heavy atom. The van der Waals surface area contributed by atoms with Crippen LogP contribution in [0.2, 0.25) is 0 Å². The van der Waals surface area contributed by atoms with Crippen molar-refractivity contribution in [1.29, 1.82) is 0 Å². The van der Waals surface area contributed by atoms with E-state index in [9.17, 15) is 14.4 Å². The Bertz CT molecular complexity index is 795. The van der Waals surface area contributed by atoms with Crippen LogP contribution >= 0.6 is 0 Å². The second kappa shape index (κ2) is 6.31. The van der Waals surface area contributed by atoms with Crippen LogP contribution in [0, 0.1) is 0 Å². The molecule has 0 spiro atoms. The lowest BCUT2D eigenvalue weighted by atomic mass is 10.3. The minimum absolute atomic E-state index is 0.0603. The highest BCUT2D eigenvalue weighted by Gasteiger charge is 2.30. The van der Waals surface area contributed by atoms with Crippen LogP contribution in [0.5, 0.6) is 0 Å². The molecule has 0 radical (unpaired) electrons. The highest BCUT2D eigenvalue weighted by molar-refractivity contribution is 6.04. The Morgan fingerprint density at radius 1 is 1.33 bits per heavy atom. The van der Waals surface area contributed by atoms with Crippen molar-refractivity contribution in [2.24, 2.45) is 0 Å². The first-order chi connectivity index (χ1) is 11.5. The Labute approximate surface area is 138 Å². The second-order valence-corrected chi connectivity index (χ2v) is 5.90. The largest absolute Gasteiger partial charge is 0.347 e. The summed E-state index contributed by atoms with van der Waals surface area (Å²) in [5.74, 6) is -0.0657. The quantitative estimate of drug-likeness (QED) is 0.793. The van der Waals surface area contributed by atoms with Crippen LogP contribution < -0.4 is 10.6 Å². The van der Waals surface area contributed by atoms with Crippen molar-refractivity contribution >= 4 is 28.9 Å². The smallest absolute Gasteiger partial charge is 0.325 e. The second-order valence-electron chi connectivity index (χ2n) is 5.90. The minimum Gasteiger partial charge on any atom is -0.347 e. The third-order valence-electron chi connectivity index (χ3n) is 3.87. The highest BCUT2D eigenvalue weighted by atomic mass is 16.2. The van der Waals surface area contributed by atoms with Gasteiger partial charge in [-0.2, -0.15) is 0 Å². The predicted molar refractivity (Wildman–Crippen MR) is 87.1 cm³/mol. The summed E-state index contributed by atoms with van der Waals surface area (Å²) in [5.41, 5.74) is 1.87. The summed E-state index contributed by atoms with van der Waals surface area (Å²) >= 11 is 0. The van der Waals surface area contributed by atoms with Gasteiger partial charge in [-0.05, 0) is 26.0 Å². The Kier molecular flexibility index (Phi) is 4.20. The van der Waals surface area contributed by atoms with Crippen LogP contribution in [0.3, 0.4) is 0 Å². The Balaban J connectivity index is 1.71. The van der Waals surface area contributed by atoms with E-state index >= 15 is 0 Å². The first kappa shape index (κ1) is 16.0. The van der Waals surface area contributed by atoms with Gasteiger partial charge in [0.1, 0.15) is 12.4 Å². The number of nitrogens with one attached hydrogen (secondary N) is 2. The molecule has 8 heteroatoms. The lowest BCUT2D eigenvalue weighted by molar-refractivity contribution is -0.130. The van der Waals surface area contributed by atoms with E-state index in [0.717, 1.165) is 21.8 Å². The number of imide groups is 1. The number of imidazole rings is 1. The normalized spacial score (nSPS) is 14.5. The maximum Gasteiger partial charge on any atom is 0.325 e. The topological polar surface area (TPSA) is 96.3 Å². The van der Waals surface area contributed by atoms with Crippen molar-refractivity contribution in [3.8, 4) is 0 Å². The van der Waals surface area contributed by atoms with E-state index in [4.69, 9.17) is 0 Å². The molecule has 1 aromatic carbocycles. The number of hydrogen-bond donors (Lipinski definition) is 2. The van der Waals surface area contributed by atoms with Crippen molar-refractivity contribution in [3.05, 3.63) is 30.1 Å². The maximum absolute atomic E-state index is 12.0. The first-order valence-electron chi connectivity index (χ1n) is 7.78. The molecule has 0 saturated carbocycles. The van der Waals surface area contributed by atoms with E-state index in [0.29, 0.717) is 0 Å². The van der Waals surface area contributed by atoms with Crippen LogP contribution in [-0.4, -0.2) is 45.4 Å². The van der Waals surface area contributed by atoms with Crippen molar-refractivity contribution in [3.63, 3.8) is 0 Å². The third kappa shape index (κ3) is 2.94. The maximum atomic E-state index is 12.0. The first-order valence-corrected chi connectivity index (χ1v) is 7.78. The minimum atomic E-state index is -0.537. The third-order valence-corrected chi connectivity index (χ3v) is 3.87. The average Bonchev–Trinajstić information content (AvgIpc) is 3.07. The van der Waals surface area contributed by atoms with Crippen molar-refractivity contribution in [2.75, 3.05) is 13.1 Å². The fourth-order valence-corrected chi connectivity index (χ4v) is 2.79. The number of amides is 4. The number of carbonyl (C=O) groups excluding carboxylic acids is 3. The number of rotatable bonds is 5. The summed E-state index contributed by atoms with van der Waals surface area (Å²) in [5, 5.41) is 5.11. The lowest BCUT2D eigenvalue weighted by Crippen LogP contribution is -2.40. The molecule has 0 aliphatic carbocycles. The molecule has 2 heterocycles. The van der Waals surface area contributed by atoms with Gasteiger partial charge in [-0.25, -0.2) is 9.78 Å². The molecule has 3 rings (SSSR count). The van der Waals surface area contributed by atoms with Crippen LogP contribution in [0.4, 0.5) is 4.79 Å². The molecule has 8 nitrogen and oxygen atoms in total. The Hall–Kier alpha value is -2.90. The van der Waals surface area contributed by atoms with Crippen LogP contribution in [0.25, 0.3) is 11.0 Å². The summed E-state index contributed by atoms with van der Waals surface area (Å²) < 4.78 is 2.06. The fraction of sp³-hybridized carbons (Fsp3) is 0.375. The van der Waals surface area contributed by atoms with Gasteiger partial charge in [0.15, 0.2) is 0 Å². The molecule has 0 unspecified atom stereocenters. The summed E-state index contributed by atoms with van der Waals surface area (Å²) in [7, 11) is 0. The summed E-state index contributed by atoms with van der Waals surface area (Å²) in [4.78, 5) is 40.5. The van der Waals surface area contributed by atoms with Crippen molar-refractivity contribution < 1.29 is 14.4 Å². The highest BCUT2D eigenvalue weighted by Crippen LogP contribution is 2.20. The van der Waals surface area contributed by atoms with E-state index in [1.165, 1.54) is 0 Å². The fourth-order valence-electron chi connectivity index (χ4n) is 2.79. The van der Waals surface area contributed by atoms with E-state index in [1.807, 2.05) is 38.1 Å². The van der Waals surface area contributed by atoms with Gasteiger partial charge < -0.3 is 15.2 Å². The van der Waals surface area contributed by atoms with Gasteiger partial charge in [0.05, 0.1) is 24.1 Å². The van der Waals surface area contributed by atoms with Crippen molar-refractivity contribution in [1.82, 2.24) is 25.1 Å². The molecule has 1 aromatic heterocycles. The number of para-hydroxylation sites is 2. The summed E-state index contributed by atoms with van der Waals surface area (Å²) in [6.45, 7) is 3.98. The number of nitrogens with zero attached hydrogens (tertiary/aromatic N) is 3. The lowest BCUT2D eigenvalue weighted by Gasteiger charge is -2.15. The van der Waals surface area contributed by atoms with Gasteiger partial charge in [0, 0.05) is 6.04 Å². The average molecular weight is 329 g/mol. The molecule has 1 fully saturated rings. The SMILES string of the molecule is CC(C)n1c(CNC(=O)CN2C(=O)CNC2=O)nc2ccccc21. The Morgan fingerprint density at radius 2 is 2.08 bits per heavy atom. The van der Waals surface area contributed by atoms with Gasteiger partial charge in [-0.15, -0.1) is 0 Å². The van der Waals surface area contributed by atoms with Crippen LogP contribution in [0.15, 0.2) is 24.3 Å². The zero-order chi connectivity index (χ0) is 17.3. The van der Waals surface area contributed by atoms with Crippen molar-refractivity contribution in [2.45, 2.75) is 26.4 Å². The molecular formula is C16H19N5O3. The monoisotopic (exact) mass is 329 g/mol. The number of urea groups is 1. The molecule has 0 bridgehead atoms. The molecule has 0 atom stereocenters. The summed E-state index contributed by atoms with van der Waals surface area (Å²) in [6.07, 6.45) is 0. The van der Waals surface area contributed by atoms with Gasteiger partial charge in [-0.1, -0.05) is 12.1 Å². The molecule has 2 N–H and O–H groups in total. The number of fused-ring (bicyclic) bond motifs is 1. The predicted octanol–water partition coefficient (Wildman–Crippen LogP) is 0.785. The van der Waals surface area contributed by atoms with Gasteiger partial charge in [0.2, 0.25) is 5.91 Å². The van der Waals surface area contributed by atoms with Gasteiger partial charge >= 0.3 is 6.03 Å². The number of benzene rings is 1. The molecular weight excluding hydrogens is 310 g/mol. The van der Waals surface area contributed by atoms with Gasteiger partial charge in [0.25, 0.3) is 5.91 Å². The standard InChI is InChI=1S/C16H19N5O3/c1-10(2)21-12-6-4-3-5-11(12)19-13(21)7-17-14(22)9-20-15(23)8-18-16(20)24/h3-6,10H,7-9H2,1-2H3,(H,17,22)(H,18,24). The molecule has 24 heavy (non-hydrogen) atoms. The number of hydrogen-bond acceptors (Lipinski definition) is 4. The van der Waals surface area contributed by atoms with E-state index in [1.54, 1.807) is 0 Å². The molecule has 1 saturated heterocycles. The molecule has 126 valence electrons. The van der Waals surface area contributed by atoms with E-state index in [-0.39, 0.29) is 25.7 Å². The van der Waals surface area contributed by atoms with E-state index in [2.05, 4.69) is 20.2 Å².